The van der Waals surface area contributed by atoms with E-state index in [2.05, 4.69) is 10.3 Å². The Bertz CT molecular complexity index is 1220. The highest BCUT2D eigenvalue weighted by atomic mass is 16.7. The smallest absolute Gasteiger partial charge is 0.350 e. The molecule has 164 valence electrons. The lowest BCUT2D eigenvalue weighted by atomic mass is 10.1. The van der Waals surface area contributed by atoms with Crippen LogP contribution in [0.2, 0.25) is 0 Å². The summed E-state index contributed by atoms with van der Waals surface area (Å²) in [6.07, 6.45) is 1.59. The van der Waals surface area contributed by atoms with Gasteiger partial charge in [0.1, 0.15) is 5.52 Å². The average molecular weight is 436 g/mol. The molecule has 1 aliphatic rings. The minimum atomic E-state index is -1.35. The Kier molecular flexibility index (Phi) is 5.40. The van der Waals surface area contributed by atoms with Crippen molar-refractivity contribution in [2.45, 2.75) is 26.1 Å². The molecule has 1 fully saturated rings. The van der Waals surface area contributed by atoms with Gasteiger partial charge in [-0.25, -0.2) is 19.4 Å². The Morgan fingerprint density at radius 2 is 1.81 bits per heavy atom. The topological polar surface area (TPSA) is 117 Å². The van der Waals surface area contributed by atoms with E-state index in [9.17, 15) is 14.4 Å². The zero-order chi connectivity index (χ0) is 22.9. The van der Waals surface area contributed by atoms with Gasteiger partial charge in [-0.05, 0) is 17.7 Å². The molecule has 1 N–H and O–H groups in total. The van der Waals surface area contributed by atoms with Crippen LogP contribution in [0.1, 0.15) is 35.7 Å². The zero-order valence-electron chi connectivity index (χ0n) is 17.6. The second kappa shape index (κ2) is 8.18. The normalized spacial score (nSPS) is 15.2. The van der Waals surface area contributed by atoms with E-state index in [0.717, 1.165) is 11.8 Å². The van der Waals surface area contributed by atoms with Gasteiger partial charge in [0.25, 0.3) is 5.79 Å². The predicted molar refractivity (Wildman–Crippen MR) is 113 cm³/mol. The summed E-state index contributed by atoms with van der Waals surface area (Å²) in [6.45, 7) is 2.92. The van der Waals surface area contributed by atoms with Crippen molar-refractivity contribution in [1.82, 2.24) is 4.98 Å². The largest absolute Gasteiger partial charge is 0.465 e. The number of nitrogens with one attached hydrogen (secondary N) is 1. The Morgan fingerprint density at radius 3 is 2.47 bits per heavy atom. The van der Waals surface area contributed by atoms with Crippen molar-refractivity contribution in [3.63, 3.8) is 0 Å². The van der Waals surface area contributed by atoms with Crippen LogP contribution in [0.4, 0.5) is 5.69 Å². The summed E-state index contributed by atoms with van der Waals surface area (Å²) in [7, 11) is 1.26. The number of esters is 3. The summed E-state index contributed by atoms with van der Waals surface area (Å²) in [4.78, 5) is 41.0. The van der Waals surface area contributed by atoms with Crippen molar-refractivity contribution in [2.24, 2.45) is 0 Å². The third-order valence-electron chi connectivity index (χ3n) is 4.64. The number of hydrogen-bond donors (Lipinski definition) is 1. The van der Waals surface area contributed by atoms with E-state index in [-0.39, 0.29) is 11.1 Å². The SMILES string of the molecule is COC(=O)c1cc(NC=C2C(=O)OC(C)(C)OC2=O)c2oc(Cc3ccccc3)nc2c1. The van der Waals surface area contributed by atoms with Gasteiger partial charge in [-0.15, -0.1) is 0 Å². The van der Waals surface area contributed by atoms with Crippen LogP contribution >= 0.6 is 0 Å². The number of methoxy groups -OCH3 is 1. The maximum atomic E-state index is 12.2. The Hall–Kier alpha value is -4.14. The first-order valence-corrected chi connectivity index (χ1v) is 9.75. The van der Waals surface area contributed by atoms with Crippen molar-refractivity contribution in [1.29, 1.82) is 0 Å². The van der Waals surface area contributed by atoms with Gasteiger partial charge in [-0.1, -0.05) is 30.3 Å². The van der Waals surface area contributed by atoms with Gasteiger partial charge in [-0.3, -0.25) is 0 Å². The third kappa shape index (κ3) is 4.31. The van der Waals surface area contributed by atoms with Gasteiger partial charge in [0.05, 0.1) is 18.4 Å². The number of aromatic nitrogens is 1. The van der Waals surface area contributed by atoms with Crippen molar-refractivity contribution >= 4 is 34.7 Å². The highest BCUT2D eigenvalue weighted by Crippen LogP contribution is 2.29. The molecule has 1 saturated heterocycles. The van der Waals surface area contributed by atoms with Crippen LogP contribution in [0.3, 0.4) is 0 Å². The van der Waals surface area contributed by atoms with E-state index >= 15 is 0 Å². The van der Waals surface area contributed by atoms with Crippen molar-refractivity contribution in [2.75, 3.05) is 12.4 Å². The lowest BCUT2D eigenvalue weighted by Crippen LogP contribution is -2.42. The van der Waals surface area contributed by atoms with Crippen LogP contribution in [0, 0.1) is 0 Å². The van der Waals surface area contributed by atoms with Gasteiger partial charge in [-0.2, -0.15) is 0 Å². The van der Waals surface area contributed by atoms with Gasteiger partial charge in [0.15, 0.2) is 17.0 Å². The van der Waals surface area contributed by atoms with E-state index < -0.39 is 23.7 Å². The van der Waals surface area contributed by atoms with Gasteiger partial charge >= 0.3 is 17.9 Å². The van der Waals surface area contributed by atoms with Crippen LogP contribution in [0.15, 0.2) is 58.7 Å². The molecule has 0 amide bonds. The molecular formula is C23H20N2O7. The van der Waals surface area contributed by atoms with Crippen molar-refractivity contribution in [3.05, 3.63) is 71.3 Å². The molecule has 3 aromatic rings. The monoisotopic (exact) mass is 436 g/mol. The second-order valence-electron chi connectivity index (χ2n) is 7.51. The van der Waals surface area contributed by atoms with E-state index in [1.54, 1.807) is 6.07 Å². The van der Waals surface area contributed by atoms with Crippen LogP contribution in [-0.2, 0) is 30.2 Å². The fourth-order valence-corrected chi connectivity index (χ4v) is 3.20. The molecule has 2 aromatic carbocycles. The number of cyclic esters (lactones) is 2. The molecule has 0 bridgehead atoms. The number of carbonyl (C=O) groups is 3. The van der Waals surface area contributed by atoms with Crippen molar-refractivity contribution < 1.29 is 33.0 Å². The zero-order valence-corrected chi connectivity index (χ0v) is 17.6. The number of benzene rings is 2. The molecule has 9 heteroatoms. The fourth-order valence-electron chi connectivity index (χ4n) is 3.20. The molecule has 0 spiro atoms. The molecule has 32 heavy (non-hydrogen) atoms. The number of fused-ring (bicyclic) bond motifs is 1. The third-order valence-corrected chi connectivity index (χ3v) is 4.64. The first kappa shape index (κ1) is 21.1. The average Bonchev–Trinajstić information content (AvgIpc) is 3.14. The summed E-state index contributed by atoms with van der Waals surface area (Å²) < 4.78 is 20.9. The lowest BCUT2D eigenvalue weighted by Gasteiger charge is -2.29. The van der Waals surface area contributed by atoms with E-state index in [1.807, 2.05) is 30.3 Å². The number of carbonyl (C=O) groups excluding carboxylic acids is 3. The molecule has 0 unspecified atom stereocenters. The summed E-state index contributed by atoms with van der Waals surface area (Å²) >= 11 is 0. The number of ether oxygens (including phenoxy) is 3. The maximum Gasteiger partial charge on any atom is 0.350 e. The number of rotatable bonds is 5. The lowest BCUT2D eigenvalue weighted by molar-refractivity contribution is -0.222. The molecule has 4 rings (SSSR count). The summed E-state index contributed by atoms with van der Waals surface area (Å²) in [5.74, 6) is -3.15. The minimum absolute atomic E-state index is 0.218. The van der Waals surface area contributed by atoms with E-state index in [4.69, 9.17) is 18.6 Å². The number of oxazole rings is 1. The highest BCUT2D eigenvalue weighted by Gasteiger charge is 2.39. The molecule has 1 aliphatic heterocycles. The standard InChI is InChI=1S/C23H20N2O7/c1-23(2)31-21(27)15(22(28)32-23)12-24-16-10-14(20(26)29-3)11-17-19(16)30-18(25-17)9-13-7-5-4-6-8-13/h4-8,10-12,24H,9H2,1-3H3. The predicted octanol–water partition coefficient (Wildman–Crippen LogP) is 3.34. The molecule has 0 radical (unpaired) electrons. The molecule has 9 nitrogen and oxygen atoms in total. The number of hydrogen-bond acceptors (Lipinski definition) is 9. The van der Waals surface area contributed by atoms with Gasteiger partial charge in [0.2, 0.25) is 0 Å². The van der Waals surface area contributed by atoms with Crippen LogP contribution in [-0.4, -0.2) is 35.8 Å². The van der Waals surface area contributed by atoms with Crippen LogP contribution in [0.25, 0.3) is 11.1 Å². The fraction of sp³-hybridized carbons (Fsp3) is 0.217. The van der Waals surface area contributed by atoms with Crippen molar-refractivity contribution in [3.8, 4) is 0 Å². The van der Waals surface area contributed by atoms with Crippen LogP contribution < -0.4 is 5.32 Å². The number of nitrogens with zero attached hydrogens (tertiary/aromatic N) is 1. The molecule has 0 atom stereocenters. The Morgan fingerprint density at radius 1 is 1.12 bits per heavy atom. The molecular weight excluding hydrogens is 416 g/mol. The maximum absolute atomic E-state index is 12.2. The van der Waals surface area contributed by atoms with Crippen LogP contribution in [0.5, 0.6) is 0 Å². The quantitative estimate of drug-likeness (QED) is 0.365. The Labute approximate surface area is 183 Å². The summed E-state index contributed by atoms with van der Waals surface area (Å²) in [6, 6.07) is 12.7. The Balaban J connectivity index is 1.71. The molecule has 1 aromatic heterocycles. The molecule has 0 saturated carbocycles. The van der Waals surface area contributed by atoms with E-state index in [1.165, 1.54) is 27.0 Å². The van der Waals surface area contributed by atoms with Gasteiger partial charge in [0, 0.05) is 26.5 Å². The molecule has 0 aliphatic carbocycles. The molecule has 2 heterocycles. The first-order valence-electron chi connectivity index (χ1n) is 9.75. The first-order chi connectivity index (χ1) is 15.3. The minimum Gasteiger partial charge on any atom is -0.465 e. The summed E-state index contributed by atoms with van der Waals surface area (Å²) in [5, 5.41) is 2.84. The van der Waals surface area contributed by atoms with Gasteiger partial charge < -0.3 is 23.9 Å². The number of anilines is 1. The summed E-state index contributed by atoms with van der Waals surface area (Å²) in [5.41, 5.74) is 1.96. The highest BCUT2D eigenvalue weighted by molar-refractivity contribution is 6.15. The van der Waals surface area contributed by atoms with E-state index in [0.29, 0.717) is 29.1 Å². The second-order valence-corrected chi connectivity index (χ2v) is 7.51.